The van der Waals surface area contributed by atoms with Gasteiger partial charge >= 0.3 is 0 Å². The van der Waals surface area contributed by atoms with E-state index in [1.165, 1.54) is 22.3 Å². The molecule has 0 amide bonds. The quantitative estimate of drug-likeness (QED) is 0.182. The highest BCUT2D eigenvalue weighted by Gasteiger charge is 2.38. The van der Waals surface area contributed by atoms with Crippen LogP contribution in [0.5, 0.6) is 0 Å². The standard InChI is InChI=1S/C49H31N5O/c1-49(2)37-22-12-9-20-34(37)41-38(49)26-25-33-32-19-10-13-23-39(32)54(44(33)41)43-31(28-50)27-36(45-42(43)35-21-11-14-24-40(35)55-45)48-52-46(29-15-5-3-6-16-29)51-47(53-48)30-17-7-4-8-18-30/h3-27H,1-2H3. The average Bonchev–Trinajstić information content (AvgIpc) is 3.87. The van der Waals surface area contributed by atoms with Crippen LogP contribution in [0.4, 0.5) is 0 Å². The molecule has 10 aromatic rings. The Kier molecular flexibility index (Phi) is 6.56. The van der Waals surface area contributed by atoms with E-state index >= 15 is 0 Å². The second kappa shape index (κ2) is 11.6. The van der Waals surface area contributed by atoms with E-state index in [2.05, 4.69) is 91.2 Å². The molecule has 0 unspecified atom stereocenters. The highest BCUT2D eigenvalue weighted by Crippen LogP contribution is 2.54. The Morgan fingerprint density at radius 1 is 0.582 bits per heavy atom. The van der Waals surface area contributed by atoms with Crippen molar-refractivity contribution in [3.05, 3.63) is 168 Å². The summed E-state index contributed by atoms with van der Waals surface area (Å²) in [6, 6.07) is 54.2. The molecule has 3 heterocycles. The lowest BCUT2D eigenvalue weighted by Crippen LogP contribution is -2.14. The van der Waals surface area contributed by atoms with Crippen molar-refractivity contribution < 1.29 is 4.42 Å². The van der Waals surface area contributed by atoms with Crippen molar-refractivity contribution in [2.75, 3.05) is 0 Å². The molecule has 0 bridgehead atoms. The summed E-state index contributed by atoms with van der Waals surface area (Å²) < 4.78 is 9.16. The average molecular weight is 706 g/mol. The zero-order valence-corrected chi connectivity index (χ0v) is 30.1. The summed E-state index contributed by atoms with van der Waals surface area (Å²) in [5.41, 5.74) is 11.8. The van der Waals surface area contributed by atoms with E-state index in [-0.39, 0.29) is 5.41 Å². The second-order valence-electron chi connectivity index (χ2n) is 14.7. The van der Waals surface area contributed by atoms with Crippen LogP contribution in [0.2, 0.25) is 0 Å². The molecule has 6 heteroatoms. The molecule has 1 aliphatic carbocycles. The van der Waals surface area contributed by atoms with Gasteiger partial charge in [-0.15, -0.1) is 0 Å². The van der Waals surface area contributed by atoms with Crippen molar-refractivity contribution in [1.29, 1.82) is 5.26 Å². The van der Waals surface area contributed by atoms with Gasteiger partial charge in [-0.2, -0.15) is 5.26 Å². The first-order valence-corrected chi connectivity index (χ1v) is 18.4. The number of para-hydroxylation sites is 2. The molecule has 0 spiro atoms. The van der Waals surface area contributed by atoms with Gasteiger partial charge in [0.05, 0.1) is 33.2 Å². The van der Waals surface area contributed by atoms with Crippen molar-refractivity contribution in [2.24, 2.45) is 0 Å². The van der Waals surface area contributed by atoms with Crippen LogP contribution in [0, 0.1) is 11.3 Å². The van der Waals surface area contributed by atoms with Gasteiger partial charge < -0.3 is 8.98 Å². The van der Waals surface area contributed by atoms with Crippen LogP contribution in [0.15, 0.2) is 156 Å². The van der Waals surface area contributed by atoms with Crippen LogP contribution in [0.25, 0.3) is 94.7 Å². The zero-order valence-electron chi connectivity index (χ0n) is 30.1. The Morgan fingerprint density at radius 2 is 1.20 bits per heavy atom. The Hall–Kier alpha value is -7.36. The number of aromatic nitrogens is 4. The van der Waals surface area contributed by atoms with Crippen LogP contribution in [-0.4, -0.2) is 19.5 Å². The lowest BCUT2D eigenvalue weighted by atomic mass is 9.82. The van der Waals surface area contributed by atoms with E-state index in [1.54, 1.807) is 0 Å². The van der Waals surface area contributed by atoms with Crippen molar-refractivity contribution >= 4 is 43.7 Å². The molecule has 0 N–H and O–H groups in total. The molecule has 0 atom stereocenters. The first-order chi connectivity index (χ1) is 27.0. The summed E-state index contributed by atoms with van der Waals surface area (Å²) >= 11 is 0. The van der Waals surface area contributed by atoms with Crippen LogP contribution in [0.1, 0.15) is 30.5 Å². The van der Waals surface area contributed by atoms with Crippen LogP contribution in [0.3, 0.4) is 0 Å². The first-order valence-electron chi connectivity index (χ1n) is 18.4. The summed E-state index contributed by atoms with van der Waals surface area (Å²) in [6.07, 6.45) is 0. The molecule has 258 valence electrons. The lowest BCUT2D eigenvalue weighted by molar-refractivity contribution is 0.661. The largest absolute Gasteiger partial charge is 0.455 e. The smallest absolute Gasteiger partial charge is 0.167 e. The van der Waals surface area contributed by atoms with E-state index < -0.39 is 0 Å². The number of benzene rings is 7. The SMILES string of the molecule is CC1(C)c2ccccc2-c2c1ccc1c3ccccc3n(-c3c(C#N)cc(-c4nc(-c5ccccc5)nc(-c5ccccc5)n4)c4oc5ccccc5c34)c21. The van der Waals surface area contributed by atoms with Gasteiger partial charge in [0, 0.05) is 38.3 Å². The van der Waals surface area contributed by atoms with Crippen molar-refractivity contribution in [2.45, 2.75) is 19.3 Å². The fraction of sp³-hybridized carbons (Fsp3) is 0.0612. The summed E-state index contributed by atoms with van der Waals surface area (Å²) in [5, 5.41) is 15.2. The number of rotatable bonds is 4. The summed E-state index contributed by atoms with van der Waals surface area (Å²) in [5.74, 6) is 1.50. The molecular weight excluding hydrogens is 675 g/mol. The molecule has 0 radical (unpaired) electrons. The normalized spacial score (nSPS) is 13.0. The van der Waals surface area contributed by atoms with E-state index in [9.17, 15) is 5.26 Å². The van der Waals surface area contributed by atoms with Gasteiger partial charge in [-0.25, -0.2) is 15.0 Å². The molecule has 55 heavy (non-hydrogen) atoms. The fourth-order valence-corrected chi connectivity index (χ4v) is 8.77. The molecule has 3 aromatic heterocycles. The van der Waals surface area contributed by atoms with E-state index in [0.717, 1.165) is 49.4 Å². The van der Waals surface area contributed by atoms with Gasteiger partial charge in [0.15, 0.2) is 17.5 Å². The summed E-state index contributed by atoms with van der Waals surface area (Å²) in [4.78, 5) is 15.1. The number of hydrogen-bond donors (Lipinski definition) is 0. The van der Waals surface area contributed by atoms with Gasteiger partial charge in [0.2, 0.25) is 0 Å². The monoisotopic (exact) mass is 705 g/mol. The van der Waals surface area contributed by atoms with Crippen molar-refractivity contribution in [1.82, 2.24) is 19.5 Å². The molecule has 0 aliphatic heterocycles. The highest BCUT2D eigenvalue weighted by molar-refractivity contribution is 6.20. The van der Waals surface area contributed by atoms with Crippen molar-refractivity contribution in [3.63, 3.8) is 0 Å². The predicted molar refractivity (Wildman–Crippen MR) is 220 cm³/mol. The van der Waals surface area contributed by atoms with E-state index in [4.69, 9.17) is 19.4 Å². The third kappa shape index (κ3) is 4.44. The zero-order chi connectivity index (χ0) is 36.8. The van der Waals surface area contributed by atoms with Gasteiger partial charge in [-0.1, -0.05) is 147 Å². The van der Waals surface area contributed by atoms with Crippen LogP contribution in [-0.2, 0) is 5.41 Å². The maximum absolute atomic E-state index is 11.3. The molecule has 0 saturated carbocycles. The first kappa shape index (κ1) is 31.2. The Labute approximate surface area is 316 Å². The number of nitrogens with zero attached hydrogens (tertiary/aromatic N) is 5. The lowest BCUT2D eigenvalue weighted by Gasteiger charge is -2.21. The number of furan rings is 1. The maximum Gasteiger partial charge on any atom is 0.167 e. The molecule has 1 aliphatic rings. The van der Waals surface area contributed by atoms with Crippen LogP contribution >= 0.6 is 0 Å². The molecule has 11 rings (SSSR count). The van der Waals surface area contributed by atoms with E-state index in [1.807, 2.05) is 84.9 Å². The number of fused-ring (bicyclic) bond motifs is 10. The third-order valence-electron chi connectivity index (χ3n) is 11.3. The Bertz CT molecular complexity index is 3180. The number of nitriles is 1. The minimum absolute atomic E-state index is 0.202. The summed E-state index contributed by atoms with van der Waals surface area (Å²) in [6.45, 7) is 4.60. The molecule has 0 saturated heterocycles. The van der Waals surface area contributed by atoms with Crippen molar-refractivity contribution in [3.8, 4) is 57.0 Å². The minimum Gasteiger partial charge on any atom is -0.455 e. The van der Waals surface area contributed by atoms with Gasteiger partial charge in [-0.3, -0.25) is 0 Å². The maximum atomic E-state index is 11.3. The predicted octanol–water partition coefficient (Wildman–Crippen LogP) is 12.0. The highest BCUT2D eigenvalue weighted by atomic mass is 16.3. The summed E-state index contributed by atoms with van der Waals surface area (Å²) in [7, 11) is 0. The fourth-order valence-electron chi connectivity index (χ4n) is 8.77. The van der Waals surface area contributed by atoms with Gasteiger partial charge in [0.1, 0.15) is 17.2 Å². The van der Waals surface area contributed by atoms with Crippen LogP contribution < -0.4 is 0 Å². The topological polar surface area (TPSA) is 80.5 Å². The second-order valence-corrected chi connectivity index (χ2v) is 14.7. The molecule has 7 aromatic carbocycles. The van der Waals surface area contributed by atoms with Gasteiger partial charge in [-0.05, 0) is 34.9 Å². The molecule has 0 fully saturated rings. The Morgan fingerprint density at radius 3 is 1.93 bits per heavy atom. The molecular formula is C49H31N5O. The van der Waals surface area contributed by atoms with E-state index in [0.29, 0.717) is 39.8 Å². The van der Waals surface area contributed by atoms with Gasteiger partial charge in [0.25, 0.3) is 0 Å². The number of hydrogen-bond acceptors (Lipinski definition) is 5. The minimum atomic E-state index is -0.202. The Balaban J connectivity index is 1.29. The third-order valence-corrected chi connectivity index (χ3v) is 11.3. The molecule has 6 nitrogen and oxygen atoms in total.